The van der Waals surface area contributed by atoms with Gasteiger partial charge in [-0.15, -0.1) is 0 Å². The molecule has 1 fully saturated rings. The van der Waals surface area contributed by atoms with Gasteiger partial charge in [0.2, 0.25) is 0 Å². The molecule has 0 aromatic rings. The van der Waals surface area contributed by atoms with E-state index in [0.29, 0.717) is 22.7 Å². The molecule has 1 rings (SSSR count). The molecule has 0 aliphatic heterocycles. The highest BCUT2D eigenvalue weighted by atomic mass is 27.0. The Labute approximate surface area is 105 Å². The summed E-state index contributed by atoms with van der Waals surface area (Å²) in [6.07, 6.45) is 2.82. The van der Waals surface area contributed by atoms with Gasteiger partial charge in [0.1, 0.15) is 11.4 Å². The third-order valence-electron chi connectivity index (χ3n) is 2.72. The predicted molar refractivity (Wildman–Crippen MR) is 64.1 cm³/mol. The lowest BCUT2D eigenvalue weighted by Crippen LogP contribution is -2.57. The van der Waals surface area contributed by atoms with Gasteiger partial charge in [0.25, 0.3) is 16.3 Å². The van der Waals surface area contributed by atoms with Crippen LogP contribution in [0.15, 0.2) is 0 Å². The van der Waals surface area contributed by atoms with Gasteiger partial charge in [-0.25, -0.2) is 4.79 Å². The topological polar surface area (TPSA) is 55.4 Å². The molecule has 1 amide bonds. The SMILES string of the molecule is CC(C)(C)OC(=O)N[C]1([AlH2])CCCCC1=O. The third-order valence-corrected chi connectivity index (χ3v) is 4.03. The van der Waals surface area contributed by atoms with Gasteiger partial charge in [0.05, 0.1) is 0 Å². The fraction of sp³-hybridized carbons (Fsp3) is 0.818. The molecule has 16 heavy (non-hydrogen) atoms. The minimum atomic E-state index is -0.597. The van der Waals surface area contributed by atoms with Crippen LogP contribution in [0, 0.1) is 0 Å². The van der Waals surface area contributed by atoms with Gasteiger partial charge in [0.15, 0.2) is 0 Å². The first-order chi connectivity index (χ1) is 7.23. The minimum Gasteiger partial charge on any atom is -0.444 e. The standard InChI is InChI=1S/C11H18NO3.Al.2H/c1-11(2,3)15-10(14)12-8-6-4-5-7-9(8)13;;;/h4-7H2,1-3H3,(H,12,14);;;. The number of amides is 1. The van der Waals surface area contributed by atoms with Crippen LogP contribution in [0.25, 0.3) is 0 Å². The number of carbonyl (C=O) groups excluding carboxylic acids is 2. The van der Waals surface area contributed by atoms with Crippen LogP contribution in [0.4, 0.5) is 4.79 Å². The molecule has 1 atom stereocenters. The fourth-order valence-corrected chi connectivity index (χ4v) is 2.65. The van der Waals surface area contributed by atoms with Crippen molar-refractivity contribution in [2.24, 2.45) is 0 Å². The van der Waals surface area contributed by atoms with Crippen LogP contribution in [0.3, 0.4) is 0 Å². The number of hydrogen-bond acceptors (Lipinski definition) is 3. The van der Waals surface area contributed by atoms with Crippen molar-refractivity contribution in [1.29, 1.82) is 0 Å². The fourth-order valence-electron chi connectivity index (χ4n) is 1.84. The van der Waals surface area contributed by atoms with E-state index in [2.05, 4.69) is 5.32 Å². The van der Waals surface area contributed by atoms with Crippen molar-refractivity contribution < 1.29 is 14.3 Å². The molecule has 0 aromatic heterocycles. The lowest BCUT2D eigenvalue weighted by atomic mass is 9.93. The summed E-state index contributed by atoms with van der Waals surface area (Å²) in [5.74, 6) is 0.163. The Hall–Kier alpha value is -0.528. The molecule has 0 radical (unpaired) electrons. The van der Waals surface area contributed by atoms with Crippen LogP contribution in [0.5, 0.6) is 0 Å². The maximum atomic E-state index is 11.8. The number of rotatable bonds is 1. The Kier molecular flexibility index (Phi) is 4.03. The van der Waals surface area contributed by atoms with Crippen molar-refractivity contribution >= 4 is 28.2 Å². The summed E-state index contributed by atoms with van der Waals surface area (Å²) in [6, 6.07) is 0. The average molecular weight is 241 g/mol. The number of Topliss-reactive ketones (excluding diaryl/α,β-unsaturated/α-hetero) is 1. The molecule has 1 N–H and O–H groups in total. The molecule has 1 saturated carbocycles. The first-order valence-corrected chi connectivity index (χ1v) is 6.77. The van der Waals surface area contributed by atoms with Crippen LogP contribution in [-0.4, -0.2) is 38.2 Å². The lowest BCUT2D eigenvalue weighted by molar-refractivity contribution is -0.124. The Morgan fingerprint density at radius 2 is 2.06 bits per heavy atom. The summed E-state index contributed by atoms with van der Waals surface area (Å²) in [5.41, 5.74) is -0.514. The minimum absolute atomic E-state index is 0.163. The van der Waals surface area contributed by atoms with Crippen LogP contribution in [0.1, 0.15) is 46.5 Å². The van der Waals surface area contributed by atoms with Crippen molar-refractivity contribution in [2.75, 3.05) is 0 Å². The molecule has 0 spiro atoms. The molecule has 5 heteroatoms. The van der Waals surface area contributed by atoms with Gasteiger partial charge >= 0.3 is 6.09 Å². The van der Waals surface area contributed by atoms with Gasteiger partial charge in [-0.3, -0.25) is 4.79 Å². The summed E-state index contributed by atoms with van der Waals surface area (Å²) in [4.78, 5) is 23.4. The highest BCUT2D eigenvalue weighted by Gasteiger charge is 2.36. The van der Waals surface area contributed by atoms with E-state index in [4.69, 9.17) is 4.74 Å². The predicted octanol–water partition coefficient (Wildman–Crippen LogP) is 0.984. The second-order valence-electron chi connectivity index (χ2n) is 5.59. The molecule has 0 heterocycles. The number of carbonyl (C=O) groups is 2. The van der Waals surface area contributed by atoms with Crippen LogP contribution in [-0.2, 0) is 9.53 Å². The Bertz CT molecular complexity index is 298. The summed E-state index contributed by atoms with van der Waals surface area (Å²) in [7, 11) is 0. The zero-order chi connectivity index (χ0) is 12.4. The van der Waals surface area contributed by atoms with Gasteiger partial charge in [-0.2, -0.15) is 0 Å². The molecule has 1 aliphatic rings. The zero-order valence-electron chi connectivity index (χ0n) is 10.6. The molecule has 1 aliphatic carbocycles. The maximum absolute atomic E-state index is 11.8. The molecular formula is C11H20AlNO3. The third kappa shape index (κ3) is 3.80. The lowest BCUT2D eigenvalue weighted by Gasteiger charge is -2.34. The van der Waals surface area contributed by atoms with E-state index in [1.165, 1.54) is 0 Å². The molecule has 0 bridgehead atoms. The van der Waals surface area contributed by atoms with Crippen molar-refractivity contribution in [1.82, 2.24) is 5.32 Å². The molecule has 4 nitrogen and oxygen atoms in total. The molecular weight excluding hydrogens is 221 g/mol. The van der Waals surface area contributed by atoms with Crippen LogP contribution in [0.2, 0.25) is 0 Å². The number of nitrogens with one attached hydrogen (secondary N) is 1. The van der Waals surface area contributed by atoms with Crippen molar-refractivity contribution in [3.8, 4) is 0 Å². The summed E-state index contributed by atoms with van der Waals surface area (Å²) >= 11 is 0.642. The summed E-state index contributed by atoms with van der Waals surface area (Å²) in [6.45, 7) is 5.44. The van der Waals surface area contributed by atoms with Crippen LogP contribution < -0.4 is 5.32 Å². The summed E-state index contributed by atoms with van der Waals surface area (Å²) < 4.78 is 4.58. The van der Waals surface area contributed by atoms with Gasteiger partial charge in [-0.1, -0.05) is 6.42 Å². The zero-order valence-corrected chi connectivity index (χ0v) is 12.6. The highest BCUT2D eigenvalue weighted by Crippen LogP contribution is 2.22. The average Bonchev–Trinajstić information content (AvgIpc) is 2.06. The van der Waals surface area contributed by atoms with Gasteiger partial charge < -0.3 is 10.1 Å². The van der Waals surface area contributed by atoms with Crippen LogP contribution >= 0.6 is 0 Å². The molecule has 90 valence electrons. The summed E-state index contributed by atoms with van der Waals surface area (Å²) in [5, 5.41) is 2.75. The highest BCUT2D eigenvalue weighted by molar-refractivity contribution is 6.30. The Balaban J connectivity index is 2.58. The maximum Gasteiger partial charge on any atom is 0.407 e. The first-order valence-electron chi connectivity index (χ1n) is 5.77. The largest absolute Gasteiger partial charge is 0.444 e. The van der Waals surface area contributed by atoms with E-state index in [0.717, 1.165) is 19.3 Å². The van der Waals surface area contributed by atoms with E-state index in [1.54, 1.807) is 0 Å². The number of alkyl carbamates (subject to hydrolysis) is 1. The van der Waals surface area contributed by atoms with E-state index < -0.39 is 16.1 Å². The van der Waals surface area contributed by atoms with Crippen molar-refractivity contribution in [2.45, 2.75) is 56.5 Å². The first kappa shape index (κ1) is 13.5. The van der Waals surface area contributed by atoms with Gasteiger partial charge in [-0.05, 0) is 33.6 Å². The smallest absolute Gasteiger partial charge is 0.407 e. The van der Waals surface area contributed by atoms with Gasteiger partial charge in [0, 0.05) is 10.8 Å². The molecule has 1 unspecified atom stereocenters. The normalized spacial score (nSPS) is 26.3. The Morgan fingerprint density at radius 1 is 1.44 bits per heavy atom. The quantitative estimate of drug-likeness (QED) is 0.696. The van der Waals surface area contributed by atoms with Crippen molar-refractivity contribution in [3.05, 3.63) is 0 Å². The molecule has 0 saturated heterocycles. The number of ketones is 1. The molecule has 0 aromatic carbocycles. The van der Waals surface area contributed by atoms with E-state index >= 15 is 0 Å². The Morgan fingerprint density at radius 3 is 2.56 bits per heavy atom. The van der Waals surface area contributed by atoms with E-state index in [-0.39, 0.29) is 5.78 Å². The second-order valence-corrected chi connectivity index (χ2v) is 7.30. The number of ether oxygens (including phenoxy) is 1. The van der Waals surface area contributed by atoms with E-state index in [1.807, 2.05) is 20.8 Å². The van der Waals surface area contributed by atoms with E-state index in [9.17, 15) is 9.59 Å². The monoisotopic (exact) mass is 241 g/mol. The van der Waals surface area contributed by atoms with Crippen molar-refractivity contribution in [3.63, 3.8) is 0 Å². The number of hydrogen-bond donors (Lipinski definition) is 1. The second kappa shape index (κ2) is 4.77.